The maximum atomic E-state index is 12.9. The zero-order valence-electron chi connectivity index (χ0n) is 14.2. The molecule has 23 heavy (non-hydrogen) atoms. The molecule has 1 fully saturated rings. The molecule has 0 saturated carbocycles. The van der Waals surface area contributed by atoms with Gasteiger partial charge in [-0.05, 0) is 17.9 Å². The zero-order chi connectivity index (χ0) is 17.0. The lowest BCUT2D eigenvalue weighted by molar-refractivity contribution is -0.142. The van der Waals surface area contributed by atoms with Gasteiger partial charge in [0.25, 0.3) is 0 Å². The molecule has 0 radical (unpaired) electrons. The third-order valence-corrected chi connectivity index (χ3v) is 4.90. The van der Waals surface area contributed by atoms with Crippen molar-refractivity contribution in [3.63, 3.8) is 0 Å². The van der Waals surface area contributed by atoms with Crippen LogP contribution in [0.5, 0.6) is 0 Å². The molecule has 1 aliphatic heterocycles. The summed E-state index contributed by atoms with van der Waals surface area (Å²) in [5.74, 6) is -1.06. The molecule has 4 heteroatoms. The van der Waals surface area contributed by atoms with E-state index >= 15 is 0 Å². The van der Waals surface area contributed by atoms with Gasteiger partial charge >= 0.3 is 5.97 Å². The number of carbonyl (C=O) groups excluding carboxylic acids is 1. The van der Waals surface area contributed by atoms with Gasteiger partial charge in [0, 0.05) is 24.9 Å². The van der Waals surface area contributed by atoms with E-state index in [0.717, 1.165) is 18.4 Å². The lowest BCUT2D eigenvalue weighted by Gasteiger charge is -2.26. The molecule has 1 heterocycles. The minimum atomic E-state index is -0.814. The zero-order valence-corrected chi connectivity index (χ0v) is 14.2. The summed E-state index contributed by atoms with van der Waals surface area (Å²) in [6.07, 6.45) is 1.83. The van der Waals surface area contributed by atoms with Crippen LogP contribution < -0.4 is 0 Å². The SMILES string of the molecule is CCCC(C(=O)N1CC(C(=O)O)C(c2ccccc2)C1)C(C)C. The molecule has 1 N–H and O–H groups in total. The van der Waals surface area contributed by atoms with Gasteiger partial charge in [0.15, 0.2) is 0 Å². The Morgan fingerprint density at radius 2 is 1.87 bits per heavy atom. The smallest absolute Gasteiger partial charge is 0.308 e. The normalized spacial score (nSPS) is 22.3. The Balaban J connectivity index is 2.19. The number of hydrogen-bond donors (Lipinski definition) is 1. The van der Waals surface area contributed by atoms with Crippen LogP contribution in [0.15, 0.2) is 30.3 Å². The molecule has 1 aromatic carbocycles. The van der Waals surface area contributed by atoms with E-state index < -0.39 is 11.9 Å². The average Bonchev–Trinajstić information content (AvgIpc) is 2.98. The van der Waals surface area contributed by atoms with Crippen molar-refractivity contribution in [2.45, 2.75) is 39.5 Å². The van der Waals surface area contributed by atoms with Crippen LogP contribution in [-0.4, -0.2) is 35.0 Å². The number of nitrogens with zero attached hydrogens (tertiary/aromatic N) is 1. The number of carbonyl (C=O) groups is 2. The molecule has 0 aliphatic carbocycles. The van der Waals surface area contributed by atoms with Crippen LogP contribution in [0.1, 0.15) is 45.1 Å². The van der Waals surface area contributed by atoms with E-state index in [4.69, 9.17) is 0 Å². The summed E-state index contributed by atoms with van der Waals surface area (Å²) in [6, 6.07) is 9.69. The Bertz CT molecular complexity index is 541. The van der Waals surface area contributed by atoms with E-state index in [1.807, 2.05) is 30.3 Å². The molecule has 1 amide bonds. The molecule has 3 unspecified atom stereocenters. The van der Waals surface area contributed by atoms with Crippen LogP contribution in [-0.2, 0) is 9.59 Å². The van der Waals surface area contributed by atoms with E-state index in [2.05, 4.69) is 20.8 Å². The second-order valence-corrected chi connectivity index (χ2v) is 6.84. The predicted molar refractivity (Wildman–Crippen MR) is 90.1 cm³/mol. The standard InChI is InChI=1S/C19H27NO3/c1-4-8-15(13(2)3)18(21)20-11-16(17(12-20)19(22)23)14-9-6-5-7-10-14/h5-7,9-10,13,15-17H,4,8,11-12H2,1-3H3,(H,22,23). The van der Waals surface area contributed by atoms with E-state index in [9.17, 15) is 14.7 Å². The van der Waals surface area contributed by atoms with Gasteiger partial charge in [-0.2, -0.15) is 0 Å². The first kappa shape index (κ1) is 17.5. The maximum Gasteiger partial charge on any atom is 0.308 e. The van der Waals surface area contributed by atoms with Gasteiger partial charge in [0.05, 0.1) is 5.92 Å². The van der Waals surface area contributed by atoms with Gasteiger partial charge in [0.1, 0.15) is 0 Å². The number of aliphatic carboxylic acids is 1. The van der Waals surface area contributed by atoms with Crippen molar-refractivity contribution in [3.05, 3.63) is 35.9 Å². The van der Waals surface area contributed by atoms with E-state index in [-0.39, 0.29) is 23.7 Å². The average molecular weight is 317 g/mol. The molecule has 1 aliphatic rings. The number of carboxylic acids is 1. The van der Waals surface area contributed by atoms with Crippen molar-refractivity contribution >= 4 is 11.9 Å². The summed E-state index contributed by atoms with van der Waals surface area (Å²) in [4.78, 5) is 26.3. The third kappa shape index (κ3) is 3.92. The largest absolute Gasteiger partial charge is 0.481 e. The van der Waals surface area contributed by atoms with Crippen LogP contribution in [0.25, 0.3) is 0 Å². The Kier molecular flexibility index (Phi) is 5.80. The van der Waals surface area contributed by atoms with E-state index in [0.29, 0.717) is 13.1 Å². The molecule has 126 valence electrons. The summed E-state index contributed by atoms with van der Waals surface area (Å²) in [5.41, 5.74) is 1.01. The molecule has 0 aromatic heterocycles. The van der Waals surface area contributed by atoms with E-state index in [1.165, 1.54) is 0 Å². The number of carboxylic acid groups (broad SMARTS) is 1. The number of benzene rings is 1. The van der Waals surface area contributed by atoms with Crippen molar-refractivity contribution < 1.29 is 14.7 Å². The monoisotopic (exact) mass is 317 g/mol. The second kappa shape index (κ2) is 7.62. The summed E-state index contributed by atoms with van der Waals surface area (Å²) in [5, 5.41) is 9.56. The van der Waals surface area contributed by atoms with Crippen LogP contribution in [0.4, 0.5) is 0 Å². The number of likely N-dealkylation sites (tertiary alicyclic amines) is 1. The molecule has 0 bridgehead atoms. The highest BCUT2D eigenvalue weighted by Crippen LogP contribution is 2.34. The van der Waals surface area contributed by atoms with Crippen molar-refractivity contribution in [2.24, 2.45) is 17.8 Å². The molecule has 2 rings (SSSR count). The third-order valence-electron chi connectivity index (χ3n) is 4.90. The Morgan fingerprint density at radius 1 is 1.22 bits per heavy atom. The first-order valence-electron chi connectivity index (χ1n) is 8.52. The molecule has 1 saturated heterocycles. The molecule has 3 atom stereocenters. The maximum absolute atomic E-state index is 12.9. The fourth-order valence-electron chi connectivity index (χ4n) is 3.56. The van der Waals surface area contributed by atoms with Crippen molar-refractivity contribution in [2.75, 3.05) is 13.1 Å². The summed E-state index contributed by atoms with van der Waals surface area (Å²) in [7, 11) is 0. The highest BCUT2D eigenvalue weighted by Gasteiger charge is 2.42. The Hall–Kier alpha value is -1.84. The van der Waals surface area contributed by atoms with Gasteiger partial charge in [-0.25, -0.2) is 0 Å². The molecule has 4 nitrogen and oxygen atoms in total. The summed E-state index contributed by atoms with van der Waals surface area (Å²) < 4.78 is 0. The summed E-state index contributed by atoms with van der Waals surface area (Å²) >= 11 is 0. The topological polar surface area (TPSA) is 57.6 Å². The van der Waals surface area contributed by atoms with Crippen molar-refractivity contribution in [3.8, 4) is 0 Å². The molecular weight excluding hydrogens is 290 g/mol. The Morgan fingerprint density at radius 3 is 2.39 bits per heavy atom. The fraction of sp³-hybridized carbons (Fsp3) is 0.579. The number of hydrogen-bond acceptors (Lipinski definition) is 2. The quantitative estimate of drug-likeness (QED) is 0.875. The van der Waals surface area contributed by atoms with Gasteiger partial charge in [-0.3, -0.25) is 9.59 Å². The van der Waals surface area contributed by atoms with Gasteiger partial charge in [-0.1, -0.05) is 57.5 Å². The molecule has 0 spiro atoms. The highest BCUT2D eigenvalue weighted by atomic mass is 16.4. The highest BCUT2D eigenvalue weighted by molar-refractivity contribution is 5.81. The van der Waals surface area contributed by atoms with Crippen LogP contribution >= 0.6 is 0 Å². The lowest BCUT2D eigenvalue weighted by atomic mass is 9.89. The van der Waals surface area contributed by atoms with Gasteiger partial charge in [0.2, 0.25) is 5.91 Å². The van der Waals surface area contributed by atoms with E-state index in [1.54, 1.807) is 4.90 Å². The summed E-state index contributed by atoms with van der Waals surface area (Å²) in [6.45, 7) is 7.04. The lowest BCUT2D eigenvalue weighted by Crippen LogP contribution is -2.37. The first-order chi connectivity index (χ1) is 11.0. The molecule has 1 aromatic rings. The van der Waals surface area contributed by atoms with Crippen LogP contribution in [0, 0.1) is 17.8 Å². The van der Waals surface area contributed by atoms with Gasteiger partial charge in [-0.15, -0.1) is 0 Å². The van der Waals surface area contributed by atoms with Crippen molar-refractivity contribution in [1.82, 2.24) is 4.90 Å². The second-order valence-electron chi connectivity index (χ2n) is 6.84. The number of amides is 1. The minimum absolute atomic E-state index is 0.0102. The molecular formula is C19H27NO3. The van der Waals surface area contributed by atoms with Gasteiger partial charge < -0.3 is 10.0 Å². The minimum Gasteiger partial charge on any atom is -0.481 e. The van der Waals surface area contributed by atoms with Crippen molar-refractivity contribution in [1.29, 1.82) is 0 Å². The van der Waals surface area contributed by atoms with Crippen LogP contribution in [0.2, 0.25) is 0 Å². The van der Waals surface area contributed by atoms with Crippen LogP contribution in [0.3, 0.4) is 0 Å². The fourth-order valence-corrected chi connectivity index (χ4v) is 3.56. The number of rotatable bonds is 6. The predicted octanol–water partition coefficient (Wildman–Crippen LogP) is 3.39. The first-order valence-corrected chi connectivity index (χ1v) is 8.52. The Labute approximate surface area is 138 Å².